The Morgan fingerprint density at radius 1 is 1.06 bits per heavy atom. The first-order chi connectivity index (χ1) is 14.9. The third-order valence-corrected chi connectivity index (χ3v) is 4.16. The van der Waals surface area contributed by atoms with Gasteiger partial charge in [-0.2, -0.15) is 4.98 Å². The zero-order valence-corrected chi connectivity index (χ0v) is 16.1. The molecule has 0 bridgehead atoms. The van der Waals surface area contributed by atoms with Crippen LogP contribution in [0.15, 0.2) is 53.6 Å². The van der Waals surface area contributed by atoms with Gasteiger partial charge < -0.3 is 20.1 Å². The van der Waals surface area contributed by atoms with Crippen molar-refractivity contribution in [2.75, 3.05) is 25.0 Å². The Kier molecular flexibility index (Phi) is 6.96. The molecule has 3 N–H and O–H groups in total. The van der Waals surface area contributed by atoms with Crippen LogP contribution in [0.4, 0.5) is 5.69 Å². The molecule has 0 saturated carbocycles. The van der Waals surface area contributed by atoms with Gasteiger partial charge >= 0.3 is 11.9 Å². The van der Waals surface area contributed by atoms with Crippen molar-refractivity contribution in [2.24, 2.45) is 0 Å². The van der Waals surface area contributed by atoms with Crippen LogP contribution in [0.3, 0.4) is 0 Å². The molecule has 0 aliphatic carbocycles. The highest BCUT2D eigenvalue weighted by molar-refractivity contribution is 6.27. The highest BCUT2D eigenvalue weighted by atomic mass is 16.5. The van der Waals surface area contributed by atoms with E-state index < -0.39 is 11.9 Å². The summed E-state index contributed by atoms with van der Waals surface area (Å²) >= 11 is 0. The quantitative estimate of drug-likeness (QED) is 0.491. The van der Waals surface area contributed by atoms with Crippen molar-refractivity contribution < 1.29 is 29.1 Å². The number of nitrogens with one attached hydrogen (secondary N) is 1. The molecule has 3 aromatic heterocycles. The topological polar surface area (TPSA) is 172 Å². The Labute approximate surface area is 175 Å². The summed E-state index contributed by atoms with van der Waals surface area (Å²) in [5.74, 6) is -2.42. The number of amides is 1. The maximum Gasteiger partial charge on any atom is 0.414 e. The van der Waals surface area contributed by atoms with Crippen LogP contribution in [0.5, 0.6) is 0 Å². The van der Waals surface area contributed by atoms with Crippen molar-refractivity contribution in [1.29, 1.82) is 0 Å². The summed E-state index contributed by atoms with van der Waals surface area (Å²) in [7, 11) is 0. The van der Waals surface area contributed by atoms with Crippen LogP contribution >= 0.6 is 0 Å². The molecule has 4 heterocycles. The first-order valence-corrected chi connectivity index (χ1v) is 9.05. The van der Waals surface area contributed by atoms with E-state index in [2.05, 4.69) is 25.4 Å². The van der Waals surface area contributed by atoms with E-state index in [1.807, 2.05) is 23.1 Å². The fourth-order valence-electron chi connectivity index (χ4n) is 2.71. The zero-order valence-electron chi connectivity index (χ0n) is 16.1. The molecule has 0 spiro atoms. The number of hydrogen-bond donors (Lipinski definition) is 3. The molecule has 1 aliphatic heterocycles. The van der Waals surface area contributed by atoms with Gasteiger partial charge in [-0.1, -0.05) is 5.16 Å². The number of hydrogen-bond acceptors (Lipinski definition) is 9. The van der Waals surface area contributed by atoms with Crippen LogP contribution in [0.2, 0.25) is 0 Å². The molecular formula is C19H18N6O6. The Balaban J connectivity index is 0.000000401. The van der Waals surface area contributed by atoms with Gasteiger partial charge in [0.1, 0.15) is 0 Å². The van der Waals surface area contributed by atoms with Crippen molar-refractivity contribution in [2.45, 2.75) is 5.92 Å². The SMILES string of the molecule is O=C(CN1CC(c2nc(-c3cccnc3)no2)C1)Nc1cccnc1.O=C(O)C(=O)O. The number of carbonyl (C=O) groups is 3. The molecule has 0 atom stereocenters. The number of rotatable bonds is 5. The first kappa shape index (κ1) is 21.5. The van der Waals surface area contributed by atoms with Crippen LogP contribution in [0.1, 0.15) is 11.8 Å². The van der Waals surface area contributed by atoms with Crippen molar-refractivity contribution in [3.8, 4) is 11.4 Å². The summed E-state index contributed by atoms with van der Waals surface area (Å²) in [6, 6.07) is 7.31. The van der Waals surface area contributed by atoms with E-state index in [-0.39, 0.29) is 11.8 Å². The molecular weight excluding hydrogens is 408 g/mol. The second-order valence-electron chi connectivity index (χ2n) is 6.49. The maximum absolute atomic E-state index is 12.0. The lowest BCUT2D eigenvalue weighted by atomic mass is 10.0. The minimum absolute atomic E-state index is 0.0620. The average Bonchev–Trinajstić information content (AvgIpc) is 3.22. The summed E-state index contributed by atoms with van der Waals surface area (Å²) in [6.45, 7) is 1.76. The molecule has 1 saturated heterocycles. The Hall–Kier alpha value is -4.19. The molecule has 160 valence electrons. The van der Waals surface area contributed by atoms with E-state index >= 15 is 0 Å². The smallest absolute Gasteiger partial charge is 0.414 e. The predicted octanol–water partition coefficient (Wildman–Crippen LogP) is 0.720. The minimum atomic E-state index is -1.82. The normalized spacial score (nSPS) is 13.4. The third kappa shape index (κ3) is 6.14. The molecule has 31 heavy (non-hydrogen) atoms. The lowest BCUT2D eigenvalue weighted by Gasteiger charge is -2.36. The van der Waals surface area contributed by atoms with Crippen LogP contribution in [-0.4, -0.2) is 72.7 Å². The van der Waals surface area contributed by atoms with Crippen molar-refractivity contribution in [1.82, 2.24) is 25.0 Å². The van der Waals surface area contributed by atoms with Crippen LogP contribution in [0, 0.1) is 0 Å². The van der Waals surface area contributed by atoms with E-state index in [1.165, 1.54) is 0 Å². The number of aliphatic carboxylic acids is 2. The van der Waals surface area contributed by atoms with Crippen molar-refractivity contribution in [3.05, 3.63) is 54.9 Å². The van der Waals surface area contributed by atoms with Gasteiger partial charge in [0.15, 0.2) is 0 Å². The van der Waals surface area contributed by atoms with E-state index in [9.17, 15) is 4.79 Å². The molecule has 0 radical (unpaired) electrons. The number of likely N-dealkylation sites (tertiary alicyclic amines) is 1. The van der Waals surface area contributed by atoms with Gasteiger partial charge in [-0.3, -0.25) is 19.7 Å². The molecule has 1 aliphatic rings. The van der Waals surface area contributed by atoms with Crippen LogP contribution < -0.4 is 5.32 Å². The summed E-state index contributed by atoms with van der Waals surface area (Å²) in [5, 5.41) is 21.6. The molecule has 1 fully saturated rings. The molecule has 12 nitrogen and oxygen atoms in total. The Morgan fingerprint density at radius 2 is 1.74 bits per heavy atom. The lowest BCUT2D eigenvalue weighted by molar-refractivity contribution is -0.159. The Bertz CT molecular complexity index is 1020. The van der Waals surface area contributed by atoms with E-state index in [4.69, 9.17) is 24.3 Å². The number of nitrogens with zero attached hydrogens (tertiary/aromatic N) is 5. The monoisotopic (exact) mass is 426 g/mol. The van der Waals surface area contributed by atoms with Crippen molar-refractivity contribution in [3.63, 3.8) is 0 Å². The first-order valence-electron chi connectivity index (χ1n) is 9.05. The third-order valence-electron chi connectivity index (χ3n) is 4.16. The standard InChI is InChI=1S/C17H16N6O2.C2H2O4/c24-15(20-14-4-2-6-19-8-14)11-23-9-13(10-23)17-21-16(22-25-17)12-3-1-5-18-7-12;3-1(4)2(5)6/h1-8,13H,9-11H2,(H,20,24);(H,3,4)(H,5,6). The summed E-state index contributed by atoms with van der Waals surface area (Å²) < 4.78 is 5.35. The van der Waals surface area contributed by atoms with Crippen LogP contribution in [0.25, 0.3) is 11.4 Å². The number of carbonyl (C=O) groups excluding carboxylic acids is 1. The van der Waals surface area contributed by atoms with Gasteiger partial charge in [-0.25, -0.2) is 9.59 Å². The van der Waals surface area contributed by atoms with E-state index in [0.717, 1.165) is 18.7 Å². The fourth-order valence-corrected chi connectivity index (χ4v) is 2.71. The number of anilines is 1. The molecule has 3 aromatic rings. The summed E-state index contributed by atoms with van der Waals surface area (Å²) in [4.78, 5) is 44.7. The van der Waals surface area contributed by atoms with E-state index in [0.29, 0.717) is 23.9 Å². The number of pyridine rings is 2. The number of carboxylic acid groups (broad SMARTS) is 2. The summed E-state index contributed by atoms with van der Waals surface area (Å²) in [6.07, 6.45) is 6.68. The Morgan fingerprint density at radius 3 is 2.32 bits per heavy atom. The van der Waals surface area contributed by atoms with Crippen LogP contribution in [-0.2, 0) is 14.4 Å². The highest BCUT2D eigenvalue weighted by Crippen LogP contribution is 2.27. The second-order valence-corrected chi connectivity index (χ2v) is 6.49. The molecule has 12 heteroatoms. The largest absolute Gasteiger partial charge is 0.473 e. The van der Waals surface area contributed by atoms with Crippen molar-refractivity contribution >= 4 is 23.5 Å². The molecule has 4 rings (SSSR count). The average molecular weight is 426 g/mol. The van der Waals surface area contributed by atoms with Gasteiger partial charge in [0.2, 0.25) is 17.6 Å². The number of carboxylic acids is 2. The molecule has 0 unspecified atom stereocenters. The molecule has 0 aromatic carbocycles. The van der Waals surface area contributed by atoms with Gasteiger partial charge in [0, 0.05) is 37.2 Å². The van der Waals surface area contributed by atoms with Gasteiger partial charge in [-0.15, -0.1) is 0 Å². The van der Waals surface area contributed by atoms with Gasteiger partial charge in [-0.05, 0) is 24.3 Å². The lowest BCUT2D eigenvalue weighted by Crippen LogP contribution is -2.48. The van der Waals surface area contributed by atoms with Gasteiger partial charge in [0.25, 0.3) is 0 Å². The minimum Gasteiger partial charge on any atom is -0.473 e. The van der Waals surface area contributed by atoms with E-state index in [1.54, 1.807) is 30.9 Å². The fraction of sp³-hybridized carbons (Fsp3) is 0.211. The maximum atomic E-state index is 12.0. The summed E-state index contributed by atoms with van der Waals surface area (Å²) in [5.41, 5.74) is 1.52. The molecule has 1 amide bonds. The number of aromatic nitrogens is 4. The zero-order chi connectivity index (χ0) is 22.2. The van der Waals surface area contributed by atoms with Gasteiger partial charge in [0.05, 0.1) is 24.3 Å². The highest BCUT2D eigenvalue weighted by Gasteiger charge is 2.33. The second kappa shape index (κ2) is 10.0. The predicted molar refractivity (Wildman–Crippen MR) is 105 cm³/mol.